The van der Waals surface area contributed by atoms with Gasteiger partial charge in [-0.1, -0.05) is 49.3 Å². The molecule has 2 nitrogen and oxygen atoms in total. The Kier molecular flexibility index (Phi) is 5.36. The summed E-state index contributed by atoms with van der Waals surface area (Å²) in [6.45, 7) is 7.99. The molecule has 0 saturated heterocycles. The summed E-state index contributed by atoms with van der Waals surface area (Å²) >= 11 is 0. The summed E-state index contributed by atoms with van der Waals surface area (Å²) in [7, 11) is 0. The third kappa shape index (κ3) is 3.70. The van der Waals surface area contributed by atoms with E-state index in [-0.39, 0.29) is 0 Å². The van der Waals surface area contributed by atoms with Crippen LogP contribution in [-0.4, -0.2) is 23.0 Å². The summed E-state index contributed by atoms with van der Waals surface area (Å²) in [4.78, 5) is 0. The fourth-order valence-electron chi connectivity index (χ4n) is 3.90. The maximum Gasteiger partial charge on any atom is 0.419 e. The Morgan fingerprint density at radius 3 is 2.25 bits per heavy atom. The lowest BCUT2D eigenvalue weighted by Gasteiger charge is -2.39. The molecule has 2 aromatic rings. The van der Waals surface area contributed by atoms with Gasteiger partial charge in [0.2, 0.25) is 0 Å². The van der Waals surface area contributed by atoms with Crippen LogP contribution in [0.4, 0.5) is 13.2 Å². The molecule has 2 atom stereocenters. The lowest BCUT2D eigenvalue weighted by atomic mass is 9.88. The van der Waals surface area contributed by atoms with E-state index in [2.05, 4.69) is 12.6 Å². The molecule has 0 amide bonds. The number of hydrogen-bond acceptors (Lipinski definition) is 2. The molecule has 1 N–H and O–H groups in total. The van der Waals surface area contributed by atoms with Crippen molar-refractivity contribution in [3.05, 3.63) is 54.1 Å². The minimum Gasteiger partial charge on any atom is -0.379 e. The van der Waals surface area contributed by atoms with Gasteiger partial charge in [0.15, 0.2) is 5.60 Å². The average molecular weight is 392 g/mol. The van der Waals surface area contributed by atoms with Gasteiger partial charge in [0.05, 0.1) is 11.7 Å². The highest BCUT2D eigenvalue weighted by Gasteiger charge is 2.56. The van der Waals surface area contributed by atoms with Gasteiger partial charge in [-0.25, -0.2) is 0 Å². The first-order chi connectivity index (χ1) is 13.0. The molecule has 0 heterocycles. The maximum atomic E-state index is 13.3. The van der Waals surface area contributed by atoms with Crippen LogP contribution in [0.1, 0.15) is 57.6 Å². The van der Waals surface area contributed by atoms with Gasteiger partial charge in [-0.15, -0.1) is 0 Å². The molecule has 1 saturated carbocycles. The summed E-state index contributed by atoms with van der Waals surface area (Å²) in [5, 5.41) is 12.1. The van der Waals surface area contributed by atoms with Crippen LogP contribution in [0.25, 0.3) is 16.3 Å². The van der Waals surface area contributed by atoms with Crippen molar-refractivity contribution in [2.45, 2.75) is 69.9 Å². The molecule has 1 fully saturated rings. The lowest BCUT2D eigenvalue weighted by molar-refractivity contribution is -0.300. The van der Waals surface area contributed by atoms with E-state index in [4.69, 9.17) is 4.74 Å². The molecule has 1 aliphatic rings. The van der Waals surface area contributed by atoms with Crippen LogP contribution in [-0.2, 0) is 10.3 Å². The molecule has 2 aromatic carbocycles. The molecular weight excluding hydrogens is 365 g/mol. The van der Waals surface area contributed by atoms with Gasteiger partial charge in [-0.05, 0) is 67.6 Å². The third-order valence-electron chi connectivity index (χ3n) is 6.04. The zero-order chi connectivity index (χ0) is 20.7. The Bertz CT molecular complexity index is 877. The Morgan fingerprint density at radius 1 is 1.11 bits per heavy atom. The number of fused-ring (bicyclic) bond motifs is 1. The number of ether oxygens (including phenoxy) is 1. The zero-order valence-electron chi connectivity index (χ0n) is 16.6. The van der Waals surface area contributed by atoms with Crippen molar-refractivity contribution in [3.63, 3.8) is 0 Å². The van der Waals surface area contributed by atoms with E-state index in [1.54, 1.807) is 0 Å². The summed E-state index contributed by atoms with van der Waals surface area (Å²) in [5.41, 5.74) is -0.816. The number of aliphatic hydroxyl groups is 1. The van der Waals surface area contributed by atoms with E-state index in [0.717, 1.165) is 47.2 Å². The number of benzene rings is 2. The molecule has 0 radical (unpaired) electrons. The Morgan fingerprint density at radius 2 is 1.68 bits per heavy atom. The van der Waals surface area contributed by atoms with Gasteiger partial charge in [0, 0.05) is 0 Å². The number of alkyl halides is 3. The van der Waals surface area contributed by atoms with Crippen LogP contribution in [0.5, 0.6) is 0 Å². The fourth-order valence-corrected chi connectivity index (χ4v) is 3.90. The molecule has 28 heavy (non-hydrogen) atoms. The van der Waals surface area contributed by atoms with Crippen LogP contribution in [0, 0.1) is 0 Å². The van der Waals surface area contributed by atoms with Crippen molar-refractivity contribution in [1.29, 1.82) is 0 Å². The highest BCUT2D eigenvalue weighted by Crippen LogP contribution is 2.46. The topological polar surface area (TPSA) is 29.5 Å². The van der Waals surface area contributed by atoms with E-state index < -0.39 is 23.5 Å². The number of halogens is 3. The van der Waals surface area contributed by atoms with Crippen LogP contribution in [0.15, 0.2) is 43.0 Å². The second-order valence-electron chi connectivity index (χ2n) is 8.16. The highest BCUT2D eigenvalue weighted by molar-refractivity contribution is 5.86. The minimum absolute atomic E-state index is 0.640. The van der Waals surface area contributed by atoms with E-state index in [9.17, 15) is 18.3 Å². The normalized spacial score (nSPS) is 20.1. The van der Waals surface area contributed by atoms with Gasteiger partial charge in [-0.2, -0.15) is 13.2 Å². The van der Waals surface area contributed by atoms with Crippen LogP contribution in [0.3, 0.4) is 0 Å². The van der Waals surface area contributed by atoms with Gasteiger partial charge in [-0.3, -0.25) is 0 Å². The predicted molar refractivity (Wildman–Crippen MR) is 106 cm³/mol. The molecule has 3 rings (SSSR count). The first-order valence-electron chi connectivity index (χ1n) is 9.63. The molecule has 0 aromatic heterocycles. The van der Waals surface area contributed by atoms with Crippen molar-refractivity contribution in [3.8, 4) is 0 Å². The predicted octanol–water partition coefficient (Wildman–Crippen LogP) is 6.36. The van der Waals surface area contributed by atoms with Crippen molar-refractivity contribution in [2.75, 3.05) is 0 Å². The van der Waals surface area contributed by atoms with E-state index in [0.29, 0.717) is 12.8 Å². The Hall–Kier alpha value is -1.85. The summed E-state index contributed by atoms with van der Waals surface area (Å²) in [6, 6.07) is 12.0. The van der Waals surface area contributed by atoms with Gasteiger partial charge in [0.25, 0.3) is 0 Å². The Labute approximate surface area is 164 Å². The van der Waals surface area contributed by atoms with Crippen molar-refractivity contribution >= 4 is 16.3 Å². The number of hydrogen-bond donors (Lipinski definition) is 1. The van der Waals surface area contributed by atoms with Gasteiger partial charge < -0.3 is 9.84 Å². The smallest absolute Gasteiger partial charge is 0.379 e. The SMILES string of the molecule is C=C(C)c1ccc2cc(C3(OC(C)C(C)(O)C(F)(F)F)CCCC3)ccc2c1. The van der Waals surface area contributed by atoms with Gasteiger partial charge >= 0.3 is 6.18 Å². The van der Waals surface area contributed by atoms with Crippen molar-refractivity contribution < 1.29 is 23.0 Å². The molecule has 152 valence electrons. The number of allylic oxidation sites excluding steroid dienone is 1. The Balaban J connectivity index is 1.97. The van der Waals surface area contributed by atoms with E-state index in [1.165, 1.54) is 6.92 Å². The monoisotopic (exact) mass is 392 g/mol. The zero-order valence-corrected chi connectivity index (χ0v) is 16.6. The van der Waals surface area contributed by atoms with Crippen LogP contribution >= 0.6 is 0 Å². The average Bonchev–Trinajstić information content (AvgIpc) is 3.09. The maximum absolute atomic E-state index is 13.3. The summed E-state index contributed by atoms with van der Waals surface area (Å²) in [6.07, 6.45) is -3.09. The van der Waals surface area contributed by atoms with E-state index in [1.807, 2.05) is 37.3 Å². The standard InChI is InChI=1S/C23H27F3O2/c1-15(2)17-7-8-19-14-20(10-9-18(19)13-17)22(11-5-6-12-22)28-16(3)21(4,27)23(24,25)26/h7-10,13-14,16,27H,1,5-6,11-12H2,2-4H3. The molecule has 2 unspecified atom stereocenters. The van der Waals surface area contributed by atoms with Crippen LogP contribution in [0.2, 0.25) is 0 Å². The molecule has 0 aliphatic heterocycles. The highest BCUT2D eigenvalue weighted by atomic mass is 19.4. The summed E-state index contributed by atoms with van der Waals surface area (Å²) < 4.78 is 45.8. The molecule has 1 aliphatic carbocycles. The molecule has 5 heteroatoms. The van der Waals surface area contributed by atoms with E-state index >= 15 is 0 Å². The lowest BCUT2D eigenvalue weighted by Crippen LogP contribution is -2.53. The molecule has 0 spiro atoms. The quantitative estimate of drug-likeness (QED) is 0.641. The molecule has 0 bridgehead atoms. The largest absolute Gasteiger partial charge is 0.419 e. The van der Waals surface area contributed by atoms with Gasteiger partial charge in [0.1, 0.15) is 0 Å². The molecular formula is C23H27F3O2. The van der Waals surface area contributed by atoms with Crippen LogP contribution < -0.4 is 0 Å². The number of rotatable bonds is 5. The first kappa shape index (κ1) is 20.9. The second-order valence-corrected chi connectivity index (χ2v) is 8.16. The second kappa shape index (κ2) is 7.20. The summed E-state index contributed by atoms with van der Waals surface area (Å²) in [5.74, 6) is 0. The minimum atomic E-state index is -4.76. The fraction of sp³-hybridized carbons (Fsp3) is 0.478. The van der Waals surface area contributed by atoms with Crippen molar-refractivity contribution in [2.24, 2.45) is 0 Å². The van der Waals surface area contributed by atoms with Crippen molar-refractivity contribution in [1.82, 2.24) is 0 Å². The third-order valence-corrected chi connectivity index (χ3v) is 6.04. The first-order valence-corrected chi connectivity index (χ1v) is 9.63.